The Morgan fingerprint density at radius 2 is 1.95 bits per heavy atom. The SMILES string of the molecule is O=C(O)CCC1CCN(C(=O)NC2C=CS(=O)(=O)C2)CC1. The Bertz CT molecular complexity index is 535. The molecule has 1 saturated heterocycles. The van der Waals surface area contributed by atoms with Crippen LogP contribution in [0.2, 0.25) is 0 Å². The van der Waals surface area contributed by atoms with E-state index in [2.05, 4.69) is 5.32 Å². The number of sulfone groups is 1. The van der Waals surface area contributed by atoms with Gasteiger partial charge in [-0.25, -0.2) is 13.2 Å². The lowest BCUT2D eigenvalue weighted by Gasteiger charge is -2.32. The number of carbonyl (C=O) groups is 2. The first-order valence-corrected chi connectivity index (χ1v) is 8.75. The third-order valence-corrected chi connectivity index (χ3v) is 5.30. The number of amides is 2. The van der Waals surface area contributed by atoms with Crippen molar-refractivity contribution in [2.45, 2.75) is 31.7 Å². The molecule has 0 spiro atoms. The molecule has 2 amide bonds. The van der Waals surface area contributed by atoms with E-state index < -0.39 is 21.8 Å². The molecule has 118 valence electrons. The summed E-state index contributed by atoms with van der Waals surface area (Å²) >= 11 is 0. The molecule has 1 unspecified atom stereocenters. The van der Waals surface area contributed by atoms with Gasteiger partial charge in [-0.2, -0.15) is 0 Å². The molecule has 2 aliphatic heterocycles. The Morgan fingerprint density at radius 1 is 1.29 bits per heavy atom. The van der Waals surface area contributed by atoms with E-state index in [1.165, 1.54) is 6.08 Å². The van der Waals surface area contributed by atoms with Crippen LogP contribution in [0.15, 0.2) is 11.5 Å². The minimum Gasteiger partial charge on any atom is -0.481 e. The molecule has 0 aromatic heterocycles. The predicted molar refractivity (Wildman–Crippen MR) is 76.4 cm³/mol. The number of hydrogen-bond acceptors (Lipinski definition) is 4. The maximum absolute atomic E-state index is 12.0. The molecule has 2 rings (SSSR count). The molecule has 1 fully saturated rings. The van der Waals surface area contributed by atoms with Crippen molar-refractivity contribution in [1.82, 2.24) is 10.2 Å². The highest BCUT2D eigenvalue weighted by Crippen LogP contribution is 2.22. The van der Waals surface area contributed by atoms with E-state index in [0.29, 0.717) is 25.4 Å². The number of piperidine rings is 1. The average Bonchev–Trinajstić information content (AvgIpc) is 2.76. The second kappa shape index (κ2) is 6.46. The Kier molecular flexibility index (Phi) is 4.87. The standard InChI is InChI=1S/C13H20N2O5S/c16-12(17)2-1-10-3-6-15(7-4-10)13(18)14-11-5-8-21(19,20)9-11/h5,8,10-11H,1-4,6-7,9H2,(H,14,18)(H,16,17). The van der Waals surface area contributed by atoms with Crippen LogP contribution in [0.4, 0.5) is 4.79 Å². The van der Waals surface area contributed by atoms with Gasteiger partial charge in [0.05, 0.1) is 11.8 Å². The first-order chi connectivity index (χ1) is 9.85. The number of likely N-dealkylation sites (tertiary alicyclic amines) is 1. The maximum atomic E-state index is 12.0. The molecule has 0 aliphatic carbocycles. The number of carbonyl (C=O) groups excluding carboxylic acids is 1. The van der Waals surface area contributed by atoms with Crippen LogP contribution in [0.1, 0.15) is 25.7 Å². The Labute approximate surface area is 123 Å². The van der Waals surface area contributed by atoms with E-state index in [1.807, 2.05) is 0 Å². The molecule has 0 aromatic rings. The fourth-order valence-electron chi connectivity index (χ4n) is 2.67. The quantitative estimate of drug-likeness (QED) is 0.789. The molecule has 1 atom stereocenters. The van der Waals surface area contributed by atoms with Crippen LogP contribution >= 0.6 is 0 Å². The van der Waals surface area contributed by atoms with Crippen molar-refractivity contribution in [3.8, 4) is 0 Å². The number of urea groups is 1. The van der Waals surface area contributed by atoms with Gasteiger partial charge in [-0.1, -0.05) is 0 Å². The lowest BCUT2D eigenvalue weighted by molar-refractivity contribution is -0.137. The van der Waals surface area contributed by atoms with Crippen molar-refractivity contribution >= 4 is 21.8 Å². The van der Waals surface area contributed by atoms with Crippen LogP contribution in [-0.4, -0.2) is 55.3 Å². The zero-order chi connectivity index (χ0) is 15.5. The normalized spacial score (nSPS) is 25.0. The van der Waals surface area contributed by atoms with Crippen LogP contribution in [0.3, 0.4) is 0 Å². The zero-order valence-electron chi connectivity index (χ0n) is 11.7. The monoisotopic (exact) mass is 316 g/mol. The summed E-state index contributed by atoms with van der Waals surface area (Å²) in [5, 5.41) is 12.5. The van der Waals surface area contributed by atoms with E-state index in [9.17, 15) is 18.0 Å². The Morgan fingerprint density at radius 3 is 2.48 bits per heavy atom. The van der Waals surface area contributed by atoms with Crippen molar-refractivity contribution in [2.75, 3.05) is 18.8 Å². The van der Waals surface area contributed by atoms with Gasteiger partial charge in [-0.15, -0.1) is 0 Å². The third kappa shape index (κ3) is 4.73. The van der Waals surface area contributed by atoms with Crippen molar-refractivity contribution in [3.05, 3.63) is 11.5 Å². The molecule has 2 heterocycles. The van der Waals surface area contributed by atoms with Gasteiger partial charge in [0.2, 0.25) is 0 Å². The molecule has 8 heteroatoms. The lowest BCUT2D eigenvalue weighted by Crippen LogP contribution is -2.48. The fraction of sp³-hybridized carbons (Fsp3) is 0.692. The molecule has 7 nitrogen and oxygen atoms in total. The molecule has 0 radical (unpaired) electrons. The Hall–Kier alpha value is -1.57. The first kappa shape index (κ1) is 15.8. The number of aliphatic carboxylic acids is 1. The topological polar surface area (TPSA) is 104 Å². The molecular formula is C13H20N2O5S. The number of nitrogens with one attached hydrogen (secondary N) is 1. The van der Waals surface area contributed by atoms with Gasteiger partial charge in [0.15, 0.2) is 9.84 Å². The van der Waals surface area contributed by atoms with Gasteiger partial charge in [0.25, 0.3) is 0 Å². The molecular weight excluding hydrogens is 296 g/mol. The average molecular weight is 316 g/mol. The summed E-state index contributed by atoms with van der Waals surface area (Å²) in [6.45, 7) is 1.17. The maximum Gasteiger partial charge on any atom is 0.317 e. The summed E-state index contributed by atoms with van der Waals surface area (Å²) in [7, 11) is -3.17. The fourth-order valence-corrected chi connectivity index (χ4v) is 3.90. The van der Waals surface area contributed by atoms with E-state index in [4.69, 9.17) is 5.11 Å². The summed E-state index contributed by atoms with van der Waals surface area (Å²) in [6.07, 6.45) is 3.89. The van der Waals surface area contributed by atoms with E-state index in [-0.39, 0.29) is 18.2 Å². The summed E-state index contributed by atoms with van der Waals surface area (Å²) < 4.78 is 22.5. The largest absolute Gasteiger partial charge is 0.481 e. The highest BCUT2D eigenvalue weighted by atomic mass is 32.2. The van der Waals surface area contributed by atoms with Gasteiger partial charge in [-0.05, 0) is 31.3 Å². The van der Waals surface area contributed by atoms with Crippen molar-refractivity contribution in [2.24, 2.45) is 5.92 Å². The van der Waals surface area contributed by atoms with Crippen LogP contribution < -0.4 is 5.32 Å². The smallest absolute Gasteiger partial charge is 0.317 e. The van der Waals surface area contributed by atoms with E-state index >= 15 is 0 Å². The molecule has 0 saturated carbocycles. The summed E-state index contributed by atoms with van der Waals surface area (Å²) in [5.74, 6) is -0.519. The van der Waals surface area contributed by atoms with Crippen LogP contribution in [0.5, 0.6) is 0 Å². The number of nitrogens with zero attached hydrogens (tertiary/aromatic N) is 1. The number of hydrogen-bond donors (Lipinski definition) is 2. The minimum absolute atomic E-state index is 0.0756. The first-order valence-electron chi connectivity index (χ1n) is 7.04. The minimum atomic E-state index is -3.17. The van der Waals surface area contributed by atoms with Crippen LogP contribution in [-0.2, 0) is 14.6 Å². The molecule has 2 aliphatic rings. The predicted octanol–water partition coefficient (Wildman–Crippen LogP) is 0.583. The highest BCUT2D eigenvalue weighted by Gasteiger charge is 2.27. The molecule has 21 heavy (non-hydrogen) atoms. The number of carboxylic acid groups (broad SMARTS) is 1. The third-order valence-electron chi connectivity index (χ3n) is 3.91. The molecule has 2 N–H and O–H groups in total. The van der Waals surface area contributed by atoms with Crippen molar-refractivity contribution < 1.29 is 23.1 Å². The second-order valence-electron chi connectivity index (χ2n) is 5.58. The highest BCUT2D eigenvalue weighted by molar-refractivity contribution is 7.94. The van der Waals surface area contributed by atoms with Crippen molar-refractivity contribution in [3.63, 3.8) is 0 Å². The number of carboxylic acids is 1. The van der Waals surface area contributed by atoms with Crippen LogP contribution in [0, 0.1) is 5.92 Å². The molecule has 0 bridgehead atoms. The van der Waals surface area contributed by atoms with E-state index in [0.717, 1.165) is 18.2 Å². The van der Waals surface area contributed by atoms with E-state index in [1.54, 1.807) is 4.90 Å². The van der Waals surface area contributed by atoms with Gasteiger partial charge < -0.3 is 15.3 Å². The zero-order valence-corrected chi connectivity index (χ0v) is 12.5. The summed E-state index contributed by atoms with van der Waals surface area (Å²) in [4.78, 5) is 24.2. The lowest BCUT2D eigenvalue weighted by atomic mass is 9.92. The van der Waals surface area contributed by atoms with Gasteiger partial charge in [0.1, 0.15) is 0 Å². The summed E-state index contributed by atoms with van der Waals surface area (Å²) in [5.41, 5.74) is 0. The molecule has 0 aromatic carbocycles. The Balaban J connectivity index is 1.73. The number of rotatable bonds is 4. The van der Waals surface area contributed by atoms with Crippen LogP contribution in [0.25, 0.3) is 0 Å². The second-order valence-corrected chi connectivity index (χ2v) is 7.51. The van der Waals surface area contributed by atoms with Gasteiger partial charge in [-0.3, -0.25) is 4.79 Å². The summed E-state index contributed by atoms with van der Waals surface area (Å²) in [6, 6.07) is -0.703. The van der Waals surface area contributed by atoms with Gasteiger partial charge in [0, 0.05) is 24.9 Å². The van der Waals surface area contributed by atoms with Gasteiger partial charge >= 0.3 is 12.0 Å². The van der Waals surface area contributed by atoms with Crippen molar-refractivity contribution in [1.29, 1.82) is 0 Å².